The molecule has 0 spiro atoms. The van der Waals surface area contributed by atoms with Crippen LogP contribution in [0.5, 0.6) is 0 Å². The quantitative estimate of drug-likeness (QED) is 0.724. The van der Waals surface area contributed by atoms with Crippen LogP contribution in [0.15, 0.2) is 36.5 Å². The molecule has 2 atom stereocenters. The highest BCUT2D eigenvalue weighted by molar-refractivity contribution is 5.38. The summed E-state index contributed by atoms with van der Waals surface area (Å²) in [7, 11) is 2.29. The van der Waals surface area contributed by atoms with Crippen LogP contribution in [-0.4, -0.2) is 67.3 Å². The Morgan fingerprint density at radius 3 is 2.94 bits per heavy atom. The fraction of sp³-hybridized carbons (Fsp3) is 0.593. The zero-order chi connectivity index (χ0) is 21.8. The second-order valence-electron chi connectivity index (χ2n) is 9.79. The predicted octanol–water partition coefficient (Wildman–Crippen LogP) is 3.37. The molecule has 2 aromatic rings. The first kappa shape index (κ1) is 22.0. The van der Waals surface area contributed by atoms with Crippen molar-refractivity contribution in [2.24, 2.45) is 0 Å². The third kappa shape index (κ3) is 5.07. The van der Waals surface area contributed by atoms with E-state index in [1.165, 1.54) is 55.5 Å². The molecule has 1 N–H and O–H groups in total. The molecular formula is C27H38N4O. The number of likely N-dealkylation sites (N-methyl/N-ethyl adjacent to an activating group) is 1. The molecule has 0 saturated carbocycles. The second kappa shape index (κ2) is 10.4. The van der Waals surface area contributed by atoms with Gasteiger partial charge in [-0.2, -0.15) is 0 Å². The van der Waals surface area contributed by atoms with Crippen molar-refractivity contribution in [2.75, 3.05) is 46.4 Å². The van der Waals surface area contributed by atoms with Crippen LogP contribution in [0.4, 0.5) is 0 Å². The monoisotopic (exact) mass is 434 g/mol. The van der Waals surface area contributed by atoms with Crippen LogP contribution in [0.1, 0.15) is 53.3 Å². The van der Waals surface area contributed by atoms with E-state index in [4.69, 9.17) is 9.72 Å². The summed E-state index contributed by atoms with van der Waals surface area (Å²) < 4.78 is 5.49. The third-order valence-electron chi connectivity index (χ3n) is 7.63. The molecular weight excluding hydrogens is 396 g/mol. The number of pyridine rings is 1. The summed E-state index contributed by atoms with van der Waals surface area (Å²) in [6, 6.07) is 12.2. The number of rotatable bonds is 7. The van der Waals surface area contributed by atoms with Crippen LogP contribution in [0.3, 0.4) is 0 Å². The Kier molecular flexibility index (Phi) is 7.18. The molecule has 5 rings (SSSR count). The van der Waals surface area contributed by atoms with Gasteiger partial charge in [-0.25, -0.2) is 0 Å². The van der Waals surface area contributed by atoms with Crippen molar-refractivity contribution in [3.8, 4) is 0 Å². The first-order chi connectivity index (χ1) is 15.8. The summed E-state index contributed by atoms with van der Waals surface area (Å²) in [5.41, 5.74) is 7.42. The van der Waals surface area contributed by atoms with Crippen molar-refractivity contribution >= 4 is 0 Å². The van der Waals surface area contributed by atoms with Crippen molar-refractivity contribution in [2.45, 2.75) is 57.2 Å². The summed E-state index contributed by atoms with van der Waals surface area (Å²) in [5, 5.41) is 3.82. The Bertz CT molecular complexity index is 895. The average molecular weight is 435 g/mol. The zero-order valence-corrected chi connectivity index (χ0v) is 19.6. The summed E-state index contributed by atoms with van der Waals surface area (Å²) in [6.07, 6.45) is 9.18. The van der Waals surface area contributed by atoms with Gasteiger partial charge < -0.3 is 10.1 Å². The normalized spacial score (nSPS) is 23.7. The largest absolute Gasteiger partial charge is 0.379 e. The molecule has 0 unspecified atom stereocenters. The van der Waals surface area contributed by atoms with E-state index in [0.29, 0.717) is 12.1 Å². The number of ether oxygens (including phenoxy) is 1. The maximum atomic E-state index is 5.49. The van der Waals surface area contributed by atoms with E-state index in [9.17, 15) is 0 Å². The maximum Gasteiger partial charge on any atom is 0.0607 e. The molecule has 5 nitrogen and oxygen atoms in total. The smallest absolute Gasteiger partial charge is 0.0607 e. The Morgan fingerprint density at radius 1 is 1.16 bits per heavy atom. The molecule has 0 amide bonds. The molecule has 172 valence electrons. The van der Waals surface area contributed by atoms with Crippen molar-refractivity contribution in [1.29, 1.82) is 0 Å². The highest BCUT2D eigenvalue weighted by Crippen LogP contribution is 2.32. The highest BCUT2D eigenvalue weighted by Gasteiger charge is 2.28. The average Bonchev–Trinajstić information content (AvgIpc) is 2.84. The van der Waals surface area contributed by atoms with E-state index < -0.39 is 0 Å². The fourth-order valence-electron chi connectivity index (χ4n) is 5.86. The fourth-order valence-corrected chi connectivity index (χ4v) is 5.86. The van der Waals surface area contributed by atoms with Crippen LogP contribution in [0.2, 0.25) is 0 Å². The van der Waals surface area contributed by atoms with Crippen LogP contribution >= 0.6 is 0 Å². The molecule has 3 heterocycles. The number of fused-ring (bicyclic) bond motifs is 2. The number of hydrogen-bond acceptors (Lipinski definition) is 5. The van der Waals surface area contributed by atoms with Crippen molar-refractivity contribution in [3.05, 3.63) is 64.5 Å². The first-order valence-corrected chi connectivity index (χ1v) is 12.5. The number of aryl methyl sites for hydroxylation is 2. The Morgan fingerprint density at radius 2 is 2.03 bits per heavy atom. The van der Waals surface area contributed by atoms with Crippen LogP contribution in [0, 0.1) is 0 Å². The van der Waals surface area contributed by atoms with E-state index in [1.807, 2.05) is 6.20 Å². The molecule has 5 heteroatoms. The summed E-state index contributed by atoms with van der Waals surface area (Å²) in [5.74, 6) is 0. The van der Waals surface area contributed by atoms with Gasteiger partial charge in [0.1, 0.15) is 0 Å². The van der Waals surface area contributed by atoms with Gasteiger partial charge in [-0.15, -0.1) is 0 Å². The van der Waals surface area contributed by atoms with Gasteiger partial charge in [0, 0.05) is 38.4 Å². The van der Waals surface area contributed by atoms with Crippen LogP contribution in [0.25, 0.3) is 0 Å². The van der Waals surface area contributed by atoms with Gasteiger partial charge in [-0.05, 0) is 80.4 Å². The van der Waals surface area contributed by atoms with E-state index >= 15 is 0 Å². The van der Waals surface area contributed by atoms with Gasteiger partial charge in [-0.3, -0.25) is 14.8 Å². The molecule has 3 aliphatic rings. The molecule has 0 bridgehead atoms. The van der Waals surface area contributed by atoms with Crippen molar-refractivity contribution in [3.63, 3.8) is 0 Å². The van der Waals surface area contributed by atoms with E-state index in [-0.39, 0.29) is 0 Å². The number of morpholine rings is 1. The molecule has 1 aromatic carbocycles. The Balaban J connectivity index is 1.21. The van der Waals surface area contributed by atoms with Gasteiger partial charge in [0.25, 0.3) is 0 Å². The summed E-state index contributed by atoms with van der Waals surface area (Å²) >= 11 is 0. The lowest BCUT2D eigenvalue weighted by Gasteiger charge is -2.36. The lowest BCUT2D eigenvalue weighted by molar-refractivity contribution is 0.0374. The lowest BCUT2D eigenvalue weighted by atomic mass is 9.88. The Labute approximate surface area is 193 Å². The van der Waals surface area contributed by atoms with Gasteiger partial charge >= 0.3 is 0 Å². The van der Waals surface area contributed by atoms with Gasteiger partial charge in [0.2, 0.25) is 0 Å². The minimum Gasteiger partial charge on any atom is -0.379 e. The number of nitrogens with one attached hydrogen (secondary N) is 1. The minimum atomic E-state index is 0.451. The Hall–Kier alpha value is -1.79. The van der Waals surface area contributed by atoms with E-state index in [1.54, 1.807) is 11.1 Å². The summed E-state index contributed by atoms with van der Waals surface area (Å²) in [6.45, 7) is 7.21. The van der Waals surface area contributed by atoms with Gasteiger partial charge in [0.05, 0.1) is 24.9 Å². The predicted molar refractivity (Wildman–Crippen MR) is 129 cm³/mol. The molecule has 1 aromatic heterocycles. The van der Waals surface area contributed by atoms with Crippen molar-refractivity contribution in [1.82, 2.24) is 20.1 Å². The van der Waals surface area contributed by atoms with E-state index in [0.717, 1.165) is 45.8 Å². The SMILES string of the molecule is CN(C[C@H]1Cc2c(CCCN3CCOCC3)cccc2CN1)[C@H]1CCCc2cccnc21. The first-order valence-electron chi connectivity index (χ1n) is 12.5. The number of benzene rings is 1. The molecule has 0 radical (unpaired) electrons. The summed E-state index contributed by atoms with van der Waals surface area (Å²) in [4.78, 5) is 9.86. The third-order valence-corrected chi connectivity index (χ3v) is 7.63. The number of nitrogens with zero attached hydrogens (tertiary/aromatic N) is 3. The van der Waals surface area contributed by atoms with Crippen molar-refractivity contribution < 1.29 is 4.74 Å². The molecule has 1 fully saturated rings. The molecule has 32 heavy (non-hydrogen) atoms. The van der Waals surface area contributed by atoms with E-state index in [2.05, 4.69) is 52.5 Å². The zero-order valence-electron chi connectivity index (χ0n) is 19.6. The number of aromatic nitrogens is 1. The standard InChI is InChI=1S/C27H38N4O/c1-30(26-11-3-7-22-9-4-12-28-27(22)26)20-24-18-25-21(6-2-8-23(25)19-29-24)10-5-13-31-14-16-32-17-15-31/h2,4,6,8-9,12,24,26,29H,3,5,7,10-11,13-20H2,1H3/t24-,26+/m1/s1. The minimum absolute atomic E-state index is 0.451. The molecule has 1 aliphatic carbocycles. The van der Waals surface area contributed by atoms with Crippen LogP contribution < -0.4 is 5.32 Å². The van der Waals surface area contributed by atoms with Crippen LogP contribution in [-0.2, 0) is 30.5 Å². The van der Waals surface area contributed by atoms with Gasteiger partial charge in [-0.1, -0.05) is 24.3 Å². The molecule has 2 aliphatic heterocycles. The topological polar surface area (TPSA) is 40.6 Å². The maximum absolute atomic E-state index is 5.49. The second-order valence-corrected chi connectivity index (χ2v) is 9.79. The lowest BCUT2D eigenvalue weighted by Crippen LogP contribution is -2.45. The molecule has 1 saturated heterocycles. The number of hydrogen-bond donors (Lipinski definition) is 1. The highest BCUT2D eigenvalue weighted by atomic mass is 16.5. The van der Waals surface area contributed by atoms with Gasteiger partial charge in [0.15, 0.2) is 0 Å².